The maximum atomic E-state index is 12.5. The van der Waals surface area contributed by atoms with E-state index in [0.717, 1.165) is 4.57 Å². The first-order chi connectivity index (χ1) is 7.39. The SMILES string of the molecule is Nc1cc(C(F)(F)F)c(=O)n(C2COC2)c1. The lowest BCUT2D eigenvalue weighted by Crippen LogP contribution is -2.39. The molecule has 4 nitrogen and oxygen atoms in total. The predicted molar refractivity (Wildman–Crippen MR) is 50.0 cm³/mol. The first-order valence-electron chi connectivity index (χ1n) is 4.56. The number of aromatic nitrogens is 1. The van der Waals surface area contributed by atoms with Gasteiger partial charge in [-0.2, -0.15) is 13.2 Å². The normalized spacial score (nSPS) is 17.2. The summed E-state index contributed by atoms with van der Waals surface area (Å²) in [6.07, 6.45) is -3.47. The van der Waals surface area contributed by atoms with Gasteiger partial charge in [-0.15, -0.1) is 0 Å². The molecular weight excluding hydrogens is 225 g/mol. The zero-order chi connectivity index (χ0) is 11.9. The van der Waals surface area contributed by atoms with Gasteiger partial charge in [0.05, 0.1) is 19.3 Å². The van der Waals surface area contributed by atoms with Crippen molar-refractivity contribution in [2.24, 2.45) is 0 Å². The van der Waals surface area contributed by atoms with Gasteiger partial charge in [0.1, 0.15) is 5.56 Å². The monoisotopic (exact) mass is 234 g/mol. The zero-order valence-corrected chi connectivity index (χ0v) is 8.12. The van der Waals surface area contributed by atoms with Crippen molar-refractivity contribution in [3.63, 3.8) is 0 Å². The van der Waals surface area contributed by atoms with Crippen LogP contribution in [0.3, 0.4) is 0 Å². The number of anilines is 1. The number of rotatable bonds is 1. The van der Waals surface area contributed by atoms with Gasteiger partial charge >= 0.3 is 6.18 Å². The van der Waals surface area contributed by atoms with E-state index in [1.165, 1.54) is 6.20 Å². The lowest BCUT2D eigenvalue weighted by molar-refractivity contribution is -0.139. The average molecular weight is 234 g/mol. The summed E-state index contributed by atoms with van der Waals surface area (Å²) in [5, 5.41) is 0. The molecule has 1 fully saturated rings. The minimum atomic E-state index is -4.68. The van der Waals surface area contributed by atoms with Gasteiger partial charge in [0.2, 0.25) is 0 Å². The van der Waals surface area contributed by atoms with Gasteiger partial charge in [-0.1, -0.05) is 0 Å². The van der Waals surface area contributed by atoms with Crippen LogP contribution in [0.1, 0.15) is 11.6 Å². The molecule has 88 valence electrons. The van der Waals surface area contributed by atoms with E-state index in [1.807, 2.05) is 0 Å². The summed E-state index contributed by atoms with van der Waals surface area (Å²) in [7, 11) is 0. The standard InChI is InChI=1S/C9H9F3N2O2/c10-9(11,12)7-1-5(13)2-14(8(7)15)6-3-16-4-6/h1-2,6H,3-4,13H2. The molecule has 2 N–H and O–H groups in total. The molecule has 0 radical (unpaired) electrons. The Labute approximate surface area is 88.4 Å². The lowest BCUT2D eigenvalue weighted by atomic mass is 10.2. The van der Waals surface area contributed by atoms with Gasteiger partial charge in [-0.05, 0) is 6.07 Å². The minimum Gasteiger partial charge on any atom is -0.398 e. The van der Waals surface area contributed by atoms with E-state index < -0.39 is 17.3 Å². The Balaban J connectivity index is 2.55. The van der Waals surface area contributed by atoms with E-state index in [-0.39, 0.29) is 24.9 Å². The Hall–Kier alpha value is -1.50. The fourth-order valence-electron chi connectivity index (χ4n) is 1.48. The number of nitrogens with two attached hydrogens (primary N) is 1. The molecule has 2 heterocycles. The van der Waals surface area contributed by atoms with Crippen LogP contribution >= 0.6 is 0 Å². The summed E-state index contributed by atoms with van der Waals surface area (Å²) in [4.78, 5) is 11.5. The van der Waals surface area contributed by atoms with Gasteiger partial charge in [-0.3, -0.25) is 4.79 Å². The van der Waals surface area contributed by atoms with Crippen LogP contribution in [0.5, 0.6) is 0 Å². The highest BCUT2D eigenvalue weighted by molar-refractivity contribution is 5.39. The van der Waals surface area contributed by atoms with Crippen molar-refractivity contribution < 1.29 is 17.9 Å². The molecule has 1 aromatic heterocycles. The quantitative estimate of drug-likeness (QED) is 0.789. The van der Waals surface area contributed by atoms with Crippen molar-refractivity contribution in [1.82, 2.24) is 4.57 Å². The third-order valence-corrected chi connectivity index (χ3v) is 2.38. The molecule has 0 amide bonds. The molecular formula is C9H9F3N2O2. The molecule has 0 bridgehead atoms. The van der Waals surface area contributed by atoms with Gasteiger partial charge in [-0.25, -0.2) is 0 Å². The van der Waals surface area contributed by atoms with Gasteiger partial charge in [0, 0.05) is 11.9 Å². The number of nitrogens with zero attached hydrogens (tertiary/aromatic N) is 1. The summed E-state index contributed by atoms with van der Waals surface area (Å²) >= 11 is 0. The number of hydrogen-bond acceptors (Lipinski definition) is 3. The number of hydrogen-bond donors (Lipinski definition) is 1. The molecule has 0 spiro atoms. The maximum Gasteiger partial charge on any atom is 0.421 e. The third kappa shape index (κ3) is 1.78. The van der Waals surface area contributed by atoms with E-state index >= 15 is 0 Å². The Morgan fingerprint density at radius 1 is 1.44 bits per heavy atom. The number of pyridine rings is 1. The Morgan fingerprint density at radius 2 is 2.06 bits per heavy atom. The van der Waals surface area contributed by atoms with Crippen LogP contribution in [0.4, 0.5) is 18.9 Å². The third-order valence-electron chi connectivity index (χ3n) is 2.38. The number of nitrogen functional groups attached to an aromatic ring is 1. The molecule has 0 aromatic carbocycles. The van der Waals surface area contributed by atoms with Crippen LogP contribution in [-0.4, -0.2) is 17.8 Å². The molecule has 7 heteroatoms. The predicted octanol–water partition coefficient (Wildman–Crippen LogP) is 1.02. The summed E-state index contributed by atoms with van der Waals surface area (Å²) < 4.78 is 43.3. The fraction of sp³-hybridized carbons (Fsp3) is 0.444. The molecule has 1 aliphatic heterocycles. The topological polar surface area (TPSA) is 57.2 Å². The van der Waals surface area contributed by atoms with Crippen LogP contribution in [-0.2, 0) is 10.9 Å². The van der Waals surface area contributed by atoms with Crippen molar-refractivity contribution in [3.05, 3.63) is 28.2 Å². The van der Waals surface area contributed by atoms with Crippen LogP contribution in [0.2, 0.25) is 0 Å². The molecule has 1 aromatic rings. The van der Waals surface area contributed by atoms with E-state index in [9.17, 15) is 18.0 Å². The number of halogens is 3. The van der Waals surface area contributed by atoms with Crippen LogP contribution in [0, 0.1) is 0 Å². The highest BCUT2D eigenvalue weighted by atomic mass is 19.4. The molecule has 1 saturated heterocycles. The van der Waals surface area contributed by atoms with Gasteiger partial charge in [0.15, 0.2) is 0 Å². The van der Waals surface area contributed by atoms with Gasteiger partial charge < -0.3 is 15.0 Å². The van der Waals surface area contributed by atoms with E-state index in [1.54, 1.807) is 0 Å². The Bertz CT molecular complexity index is 463. The van der Waals surface area contributed by atoms with Crippen molar-refractivity contribution in [2.45, 2.75) is 12.2 Å². The van der Waals surface area contributed by atoms with Crippen LogP contribution in [0.25, 0.3) is 0 Å². The minimum absolute atomic E-state index is 0.0844. The smallest absolute Gasteiger partial charge is 0.398 e. The van der Waals surface area contributed by atoms with Crippen molar-refractivity contribution in [3.8, 4) is 0 Å². The molecule has 0 aliphatic carbocycles. The summed E-state index contributed by atoms with van der Waals surface area (Å²) in [6, 6.07) is 0.301. The second kappa shape index (κ2) is 3.51. The lowest BCUT2D eigenvalue weighted by Gasteiger charge is -2.28. The van der Waals surface area contributed by atoms with Crippen LogP contribution in [0.15, 0.2) is 17.1 Å². The molecule has 2 rings (SSSR count). The highest BCUT2D eigenvalue weighted by Gasteiger charge is 2.36. The molecule has 0 atom stereocenters. The average Bonchev–Trinajstić information content (AvgIpc) is 2.05. The highest BCUT2D eigenvalue weighted by Crippen LogP contribution is 2.28. The van der Waals surface area contributed by atoms with Crippen LogP contribution < -0.4 is 11.3 Å². The second-order valence-electron chi connectivity index (χ2n) is 3.59. The maximum absolute atomic E-state index is 12.5. The first kappa shape index (κ1) is 11.0. The van der Waals surface area contributed by atoms with Crippen molar-refractivity contribution >= 4 is 5.69 Å². The van der Waals surface area contributed by atoms with Crippen molar-refractivity contribution in [2.75, 3.05) is 18.9 Å². The van der Waals surface area contributed by atoms with Crippen molar-refractivity contribution in [1.29, 1.82) is 0 Å². The van der Waals surface area contributed by atoms with Gasteiger partial charge in [0.25, 0.3) is 5.56 Å². The summed E-state index contributed by atoms with van der Waals surface area (Å²) in [5.41, 5.74) is 2.95. The largest absolute Gasteiger partial charge is 0.421 e. The number of ether oxygens (including phenoxy) is 1. The first-order valence-corrected chi connectivity index (χ1v) is 4.56. The number of alkyl halides is 3. The second-order valence-corrected chi connectivity index (χ2v) is 3.59. The van der Waals surface area contributed by atoms with E-state index in [0.29, 0.717) is 6.07 Å². The molecule has 0 saturated carbocycles. The zero-order valence-electron chi connectivity index (χ0n) is 8.12. The fourth-order valence-corrected chi connectivity index (χ4v) is 1.48. The van der Waals surface area contributed by atoms with E-state index in [2.05, 4.69) is 0 Å². The Kier molecular flexibility index (Phi) is 2.42. The summed E-state index contributed by atoms with van der Waals surface area (Å²) in [5.74, 6) is 0. The molecule has 16 heavy (non-hydrogen) atoms. The summed E-state index contributed by atoms with van der Waals surface area (Å²) in [6.45, 7) is 0.474. The molecule has 1 aliphatic rings. The Morgan fingerprint density at radius 3 is 2.50 bits per heavy atom. The molecule has 0 unspecified atom stereocenters. The van der Waals surface area contributed by atoms with E-state index in [4.69, 9.17) is 10.5 Å².